The molecule has 0 radical (unpaired) electrons. The average Bonchev–Trinajstić information content (AvgIpc) is 3.09. The molecule has 1 aliphatic rings. The summed E-state index contributed by atoms with van der Waals surface area (Å²) in [6.45, 7) is 0.522. The molecule has 17 heavy (non-hydrogen) atoms. The Labute approximate surface area is 109 Å². The van der Waals surface area contributed by atoms with Gasteiger partial charge in [-0.05, 0) is 28.8 Å². The summed E-state index contributed by atoms with van der Waals surface area (Å²) in [5.74, 6) is 1.31. The molecule has 0 bridgehead atoms. The predicted molar refractivity (Wildman–Crippen MR) is 68.9 cm³/mol. The van der Waals surface area contributed by atoms with Crippen LogP contribution in [0.4, 0.5) is 0 Å². The molecule has 1 aromatic rings. The third-order valence-electron chi connectivity index (χ3n) is 3.37. The van der Waals surface area contributed by atoms with Crippen LogP contribution < -0.4 is 15.2 Å². The van der Waals surface area contributed by atoms with Gasteiger partial charge in [0.25, 0.3) is 0 Å². The number of nitrogens with two attached hydrogens (primary N) is 1. The van der Waals surface area contributed by atoms with Crippen molar-refractivity contribution in [3.63, 3.8) is 0 Å². The minimum absolute atomic E-state index is 0.109. The van der Waals surface area contributed by atoms with E-state index in [4.69, 9.17) is 15.2 Å². The molecule has 4 nitrogen and oxygen atoms in total. The highest BCUT2D eigenvalue weighted by Crippen LogP contribution is 2.56. The van der Waals surface area contributed by atoms with Gasteiger partial charge in [-0.15, -0.1) is 0 Å². The van der Waals surface area contributed by atoms with E-state index in [1.807, 2.05) is 0 Å². The van der Waals surface area contributed by atoms with Gasteiger partial charge in [0.05, 0.1) is 18.7 Å². The summed E-state index contributed by atoms with van der Waals surface area (Å²) >= 11 is 3.48. The highest BCUT2D eigenvalue weighted by molar-refractivity contribution is 9.10. The number of rotatable bonds is 4. The lowest BCUT2D eigenvalue weighted by atomic mass is 9.94. The normalized spacial score (nSPS) is 16.7. The molecule has 0 amide bonds. The molecule has 0 unspecified atom stereocenters. The third kappa shape index (κ3) is 1.87. The maximum Gasteiger partial charge on any atom is 0.175 e. The van der Waals surface area contributed by atoms with Crippen molar-refractivity contribution in [1.29, 1.82) is 0 Å². The summed E-state index contributed by atoms with van der Waals surface area (Å²) in [7, 11) is 3.12. The van der Waals surface area contributed by atoms with E-state index in [1.54, 1.807) is 20.3 Å². The van der Waals surface area contributed by atoms with Crippen LogP contribution in [0.5, 0.6) is 17.2 Å². The first kappa shape index (κ1) is 12.5. The molecule has 1 fully saturated rings. The predicted octanol–water partition coefficient (Wildman–Crippen LogP) is 2.16. The number of phenols is 1. The van der Waals surface area contributed by atoms with E-state index in [1.165, 1.54) is 0 Å². The summed E-state index contributed by atoms with van der Waals surface area (Å²) in [6, 6.07) is 1.58. The molecule has 1 aromatic carbocycles. The number of hydrogen-bond donors (Lipinski definition) is 2. The van der Waals surface area contributed by atoms with Gasteiger partial charge in [0.2, 0.25) is 0 Å². The van der Waals surface area contributed by atoms with Crippen molar-refractivity contribution < 1.29 is 14.6 Å². The van der Waals surface area contributed by atoms with Crippen LogP contribution in [-0.2, 0) is 5.41 Å². The molecule has 0 saturated heterocycles. The van der Waals surface area contributed by atoms with Crippen LogP contribution in [0.2, 0.25) is 0 Å². The minimum Gasteiger partial charge on any atom is -0.507 e. The minimum atomic E-state index is -0.109. The highest BCUT2D eigenvalue weighted by atomic mass is 79.9. The molecular formula is C12H16BrNO3. The lowest BCUT2D eigenvalue weighted by Gasteiger charge is -2.20. The van der Waals surface area contributed by atoms with Crippen molar-refractivity contribution in [2.24, 2.45) is 5.73 Å². The Morgan fingerprint density at radius 2 is 2.06 bits per heavy atom. The zero-order valence-corrected chi connectivity index (χ0v) is 11.5. The Morgan fingerprint density at radius 1 is 1.41 bits per heavy atom. The zero-order valence-electron chi connectivity index (χ0n) is 9.92. The standard InChI is InChI=1S/C12H16BrNO3/c1-16-8-5-7(15)9(10(13)11(8)17-2)12(6-14)3-4-12/h5,15H,3-4,6,14H2,1-2H3. The van der Waals surface area contributed by atoms with Crippen LogP contribution in [0.1, 0.15) is 18.4 Å². The van der Waals surface area contributed by atoms with Crippen molar-refractivity contribution in [2.75, 3.05) is 20.8 Å². The number of hydrogen-bond acceptors (Lipinski definition) is 4. The Balaban J connectivity index is 2.61. The van der Waals surface area contributed by atoms with Crippen LogP contribution in [0.15, 0.2) is 10.5 Å². The molecule has 94 valence electrons. The molecule has 5 heteroatoms. The lowest BCUT2D eigenvalue weighted by molar-refractivity contribution is 0.347. The second-order valence-electron chi connectivity index (χ2n) is 4.30. The second-order valence-corrected chi connectivity index (χ2v) is 5.10. The van der Waals surface area contributed by atoms with E-state index < -0.39 is 0 Å². The van der Waals surface area contributed by atoms with E-state index >= 15 is 0 Å². The van der Waals surface area contributed by atoms with Gasteiger partial charge in [0.1, 0.15) is 5.75 Å². The monoisotopic (exact) mass is 301 g/mol. The van der Waals surface area contributed by atoms with Crippen molar-refractivity contribution in [2.45, 2.75) is 18.3 Å². The zero-order chi connectivity index (χ0) is 12.6. The molecule has 0 aromatic heterocycles. The Morgan fingerprint density at radius 3 is 2.47 bits per heavy atom. The SMILES string of the molecule is COc1cc(O)c(C2(CN)CC2)c(Br)c1OC. The average molecular weight is 302 g/mol. The van der Waals surface area contributed by atoms with Gasteiger partial charge in [0, 0.05) is 23.6 Å². The third-order valence-corrected chi connectivity index (χ3v) is 4.12. The number of methoxy groups -OCH3 is 2. The Bertz CT molecular complexity index is 444. The summed E-state index contributed by atoms with van der Waals surface area (Å²) < 4.78 is 11.2. The highest BCUT2D eigenvalue weighted by Gasteiger charge is 2.47. The van der Waals surface area contributed by atoms with Crippen molar-refractivity contribution in [3.8, 4) is 17.2 Å². The number of benzene rings is 1. The first-order chi connectivity index (χ1) is 8.09. The lowest BCUT2D eigenvalue weighted by Crippen LogP contribution is -2.20. The van der Waals surface area contributed by atoms with Crippen molar-refractivity contribution in [1.82, 2.24) is 0 Å². The molecule has 1 saturated carbocycles. The molecular weight excluding hydrogens is 286 g/mol. The van der Waals surface area contributed by atoms with Crippen LogP contribution in [-0.4, -0.2) is 25.9 Å². The largest absolute Gasteiger partial charge is 0.507 e. The molecule has 3 N–H and O–H groups in total. The molecule has 0 spiro atoms. The smallest absolute Gasteiger partial charge is 0.175 e. The van der Waals surface area contributed by atoms with Gasteiger partial charge in [-0.2, -0.15) is 0 Å². The topological polar surface area (TPSA) is 64.7 Å². The maximum absolute atomic E-state index is 10.1. The fourth-order valence-electron chi connectivity index (χ4n) is 2.15. The molecule has 2 rings (SSSR count). The quantitative estimate of drug-likeness (QED) is 0.894. The first-order valence-electron chi connectivity index (χ1n) is 5.43. The van der Waals surface area contributed by atoms with Gasteiger partial charge in [-0.3, -0.25) is 0 Å². The van der Waals surface area contributed by atoms with Crippen molar-refractivity contribution in [3.05, 3.63) is 16.1 Å². The van der Waals surface area contributed by atoms with E-state index in [-0.39, 0.29) is 11.2 Å². The van der Waals surface area contributed by atoms with Gasteiger partial charge in [-0.25, -0.2) is 0 Å². The van der Waals surface area contributed by atoms with Gasteiger partial charge in [-0.1, -0.05) is 0 Å². The van der Waals surface area contributed by atoms with Crippen LogP contribution in [0.25, 0.3) is 0 Å². The first-order valence-corrected chi connectivity index (χ1v) is 6.23. The molecule has 0 aliphatic heterocycles. The van der Waals surface area contributed by atoms with E-state index in [0.29, 0.717) is 18.0 Å². The van der Waals surface area contributed by atoms with Gasteiger partial charge >= 0.3 is 0 Å². The summed E-state index contributed by atoms with van der Waals surface area (Å²) in [4.78, 5) is 0. The van der Waals surface area contributed by atoms with Gasteiger partial charge in [0.15, 0.2) is 11.5 Å². The van der Waals surface area contributed by atoms with E-state index in [9.17, 15) is 5.11 Å². The van der Waals surface area contributed by atoms with Crippen LogP contribution in [0.3, 0.4) is 0 Å². The van der Waals surface area contributed by atoms with Crippen molar-refractivity contribution >= 4 is 15.9 Å². The maximum atomic E-state index is 10.1. The van der Waals surface area contributed by atoms with Gasteiger partial charge < -0.3 is 20.3 Å². The number of aromatic hydroxyl groups is 1. The molecule has 0 heterocycles. The molecule has 1 aliphatic carbocycles. The summed E-state index contributed by atoms with van der Waals surface area (Å²) in [5.41, 5.74) is 6.52. The second kappa shape index (κ2) is 4.38. The Hall–Kier alpha value is -0.940. The molecule has 0 atom stereocenters. The fraction of sp³-hybridized carbons (Fsp3) is 0.500. The van der Waals surface area contributed by atoms with E-state index in [0.717, 1.165) is 22.9 Å². The van der Waals surface area contributed by atoms with Crippen LogP contribution in [0, 0.1) is 0 Å². The fourth-order valence-corrected chi connectivity index (χ4v) is 3.13. The number of phenolic OH excluding ortho intramolecular Hbond substituents is 1. The summed E-state index contributed by atoms with van der Waals surface area (Å²) in [5, 5.41) is 10.1. The number of ether oxygens (including phenoxy) is 2. The van der Waals surface area contributed by atoms with Crippen LogP contribution >= 0.6 is 15.9 Å². The Kier molecular flexibility index (Phi) is 3.23. The number of halogens is 1. The van der Waals surface area contributed by atoms with E-state index in [2.05, 4.69) is 15.9 Å². The summed E-state index contributed by atoms with van der Waals surface area (Å²) in [6.07, 6.45) is 1.98.